The molecule has 0 amide bonds. The van der Waals surface area contributed by atoms with Crippen molar-refractivity contribution >= 4 is 21.6 Å². The summed E-state index contributed by atoms with van der Waals surface area (Å²) in [7, 11) is 0. The van der Waals surface area contributed by atoms with Crippen LogP contribution in [0.4, 0.5) is 10.1 Å². The molecule has 0 atom stereocenters. The van der Waals surface area contributed by atoms with E-state index in [4.69, 9.17) is 0 Å². The number of anilines is 1. The summed E-state index contributed by atoms with van der Waals surface area (Å²) in [5, 5.41) is 7.42. The second-order valence-corrected chi connectivity index (χ2v) is 5.51. The van der Waals surface area contributed by atoms with Crippen LogP contribution in [-0.4, -0.2) is 9.78 Å². The topological polar surface area (TPSA) is 29.9 Å². The summed E-state index contributed by atoms with van der Waals surface area (Å²) >= 11 is 3.35. The third kappa shape index (κ3) is 3.31. The van der Waals surface area contributed by atoms with E-state index in [1.165, 1.54) is 6.07 Å². The van der Waals surface area contributed by atoms with E-state index in [0.29, 0.717) is 12.1 Å². The largest absolute Gasteiger partial charge is 0.381 e. The minimum atomic E-state index is -0.214. The molecular formula is C16H13BrFN3. The third-order valence-corrected chi connectivity index (χ3v) is 3.60. The molecule has 1 heterocycles. The van der Waals surface area contributed by atoms with Gasteiger partial charge in [0, 0.05) is 34.7 Å². The fourth-order valence-corrected chi connectivity index (χ4v) is 2.46. The molecule has 2 aromatic carbocycles. The summed E-state index contributed by atoms with van der Waals surface area (Å²) < 4.78 is 16.3. The lowest BCUT2D eigenvalue weighted by Crippen LogP contribution is -2.03. The van der Waals surface area contributed by atoms with Crippen LogP contribution < -0.4 is 5.32 Å². The molecule has 3 nitrogen and oxygen atoms in total. The molecule has 0 unspecified atom stereocenters. The molecule has 0 bridgehead atoms. The number of benzene rings is 2. The number of hydrogen-bond donors (Lipinski definition) is 1. The van der Waals surface area contributed by atoms with E-state index >= 15 is 0 Å². The van der Waals surface area contributed by atoms with Crippen LogP contribution in [0.25, 0.3) is 5.69 Å². The first-order valence-corrected chi connectivity index (χ1v) is 7.29. The molecule has 0 fully saturated rings. The van der Waals surface area contributed by atoms with Crippen LogP contribution in [0, 0.1) is 5.82 Å². The quantitative estimate of drug-likeness (QED) is 0.760. The van der Waals surface area contributed by atoms with Crippen molar-refractivity contribution < 1.29 is 4.39 Å². The van der Waals surface area contributed by atoms with Crippen LogP contribution in [0.15, 0.2) is 65.4 Å². The van der Waals surface area contributed by atoms with Gasteiger partial charge in [-0.2, -0.15) is 5.10 Å². The standard InChI is InChI=1S/C16H13BrFN3/c17-13-5-6-16(18)12(9-13)11-19-14-3-1-4-15(10-14)21-8-2-7-20-21/h1-10,19H,11H2. The lowest BCUT2D eigenvalue weighted by molar-refractivity contribution is 0.612. The SMILES string of the molecule is Fc1ccc(Br)cc1CNc1cccc(-n2cccn2)c1. The van der Waals surface area contributed by atoms with Crippen molar-refractivity contribution in [1.29, 1.82) is 0 Å². The van der Waals surface area contributed by atoms with Crippen molar-refractivity contribution in [3.63, 3.8) is 0 Å². The normalized spacial score (nSPS) is 10.6. The second-order valence-electron chi connectivity index (χ2n) is 4.59. The molecule has 0 aliphatic rings. The second kappa shape index (κ2) is 6.10. The Morgan fingerprint density at radius 2 is 2.05 bits per heavy atom. The van der Waals surface area contributed by atoms with Crippen LogP contribution in [0.3, 0.4) is 0 Å². The summed E-state index contributed by atoms with van der Waals surface area (Å²) in [6.45, 7) is 0.424. The maximum Gasteiger partial charge on any atom is 0.128 e. The van der Waals surface area contributed by atoms with Crippen molar-refractivity contribution in [1.82, 2.24) is 9.78 Å². The van der Waals surface area contributed by atoms with Gasteiger partial charge >= 0.3 is 0 Å². The number of hydrogen-bond acceptors (Lipinski definition) is 2. The molecule has 0 aliphatic carbocycles. The van der Waals surface area contributed by atoms with E-state index < -0.39 is 0 Å². The molecule has 0 aliphatic heterocycles. The Morgan fingerprint density at radius 3 is 2.86 bits per heavy atom. The van der Waals surface area contributed by atoms with Gasteiger partial charge in [0.15, 0.2) is 0 Å². The average Bonchev–Trinajstić information content (AvgIpc) is 3.03. The highest BCUT2D eigenvalue weighted by Gasteiger charge is 2.03. The third-order valence-electron chi connectivity index (χ3n) is 3.11. The van der Waals surface area contributed by atoms with E-state index in [-0.39, 0.29) is 5.82 Å². The van der Waals surface area contributed by atoms with Gasteiger partial charge in [-0.15, -0.1) is 0 Å². The molecule has 3 rings (SSSR count). The highest BCUT2D eigenvalue weighted by Crippen LogP contribution is 2.18. The lowest BCUT2D eigenvalue weighted by atomic mass is 10.2. The predicted octanol–water partition coefficient (Wildman–Crippen LogP) is 4.39. The summed E-state index contributed by atoms with van der Waals surface area (Å²) in [5.41, 5.74) is 2.50. The molecule has 106 valence electrons. The predicted molar refractivity (Wildman–Crippen MR) is 85.0 cm³/mol. The van der Waals surface area contributed by atoms with Crippen LogP contribution in [-0.2, 0) is 6.54 Å². The van der Waals surface area contributed by atoms with Crippen molar-refractivity contribution in [2.75, 3.05) is 5.32 Å². The van der Waals surface area contributed by atoms with Gasteiger partial charge in [-0.05, 0) is 42.5 Å². The first-order chi connectivity index (χ1) is 10.2. The first kappa shape index (κ1) is 13.8. The first-order valence-electron chi connectivity index (χ1n) is 6.50. The van der Waals surface area contributed by atoms with Crippen LogP contribution in [0.5, 0.6) is 0 Å². The van der Waals surface area contributed by atoms with Gasteiger partial charge in [0.05, 0.1) is 5.69 Å². The van der Waals surface area contributed by atoms with Crippen molar-refractivity contribution in [2.45, 2.75) is 6.54 Å². The Morgan fingerprint density at radius 1 is 1.14 bits per heavy atom. The number of nitrogens with one attached hydrogen (secondary N) is 1. The molecule has 21 heavy (non-hydrogen) atoms. The molecule has 5 heteroatoms. The van der Waals surface area contributed by atoms with Gasteiger partial charge in [-0.1, -0.05) is 22.0 Å². The van der Waals surface area contributed by atoms with E-state index in [9.17, 15) is 4.39 Å². The van der Waals surface area contributed by atoms with Crippen molar-refractivity contribution in [3.8, 4) is 5.69 Å². The zero-order valence-corrected chi connectivity index (χ0v) is 12.7. The zero-order valence-electron chi connectivity index (χ0n) is 11.1. The Balaban J connectivity index is 1.76. The summed E-state index contributed by atoms with van der Waals surface area (Å²) in [4.78, 5) is 0. The Labute approximate surface area is 130 Å². The van der Waals surface area contributed by atoms with E-state index in [2.05, 4.69) is 26.3 Å². The van der Waals surface area contributed by atoms with Crippen molar-refractivity contribution in [3.05, 3.63) is 76.8 Å². The minimum absolute atomic E-state index is 0.214. The average molecular weight is 346 g/mol. The van der Waals surface area contributed by atoms with Gasteiger partial charge < -0.3 is 5.32 Å². The molecular weight excluding hydrogens is 333 g/mol. The maximum atomic E-state index is 13.7. The summed E-state index contributed by atoms with van der Waals surface area (Å²) in [6.07, 6.45) is 3.62. The van der Waals surface area contributed by atoms with E-state index in [1.54, 1.807) is 23.0 Å². The Kier molecular flexibility index (Phi) is 4.01. The smallest absolute Gasteiger partial charge is 0.128 e. The lowest BCUT2D eigenvalue weighted by Gasteiger charge is -2.09. The number of rotatable bonds is 4. The molecule has 0 radical (unpaired) electrons. The van der Waals surface area contributed by atoms with Crippen molar-refractivity contribution in [2.24, 2.45) is 0 Å². The molecule has 3 aromatic rings. The van der Waals surface area contributed by atoms with E-state index in [1.807, 2.05) is 36.5 Å². The molecule has 1 N–H and O–H groups in total. The minimum Gasteiger partial charge on any atom is -0.381 e. The number of aromatic nitrogens is 2. The number of nitrogens with zero attached hydrogens (tertiary/aromatic N) is 2. The molecule has 1 aromatic heterocycles. The zero-order chi connectivity index (χ0) is 14.7. The van der Waals surface area contributed by atoms with Crippen LogP contribution in [0.1, 0.15) is 5.56 Å². The molecule has 0 spiro atoms. The van der Waals surface area contributed by atoms with Gasteiger partial charge in [-0.25, -0.2) is 9.07 Å². The summed E-state index contributed by atoms with van der Waals surface area (Å²) in [5.74, 6) is -0.214. The van der Waals surface area contributed by atoms with Gasteiger partial charge in [0.1, 0.15) is 5.82 Å². The van der Waals surface area contributed by atoms with Crippen LogP contribution >= 0.6 is 15.9 Å². The maximum absolute atomic E-state index is 13.7. The van der Waals surface area contributed by atoms with Crippen LogP contribution in [0.2, 0.25) is 0 Å². The number of halogens is 2. The fourth-order valence-electron chi connectivity index (χ4n) is 2.06. The Bertz CT molecular complexity index is 741. The monoisotopic (exact) mass is 345 g/mol. The molecule has 0 saturated carbocycles. The van der Waals surface area contributed by atoms with E-state index in [0.717, 1.165) is 15.8 Å². The Hall–Kier alpha value is -2.14. The highest BCUT2D eigenvalue weighted by molar-refractivity contribution is 9.10. The van der Waals surface area contributed by atoms with Gasteiger partial charge in [0.25, 0.3) is 0 Å². The highest BCUT2D eigenvalue weighted by atomic mass is 79.9. The summed E-state index contributed by atoms with van der Waals surface area (Å²) in [6, 6.07) is 14.6. The fraction of sp³-hybridized carbons (Fsp3) is 0.0625. The van der Waals surface area contributed by atoms with Gasteiger partial charge in [0.2, 0.25) is 0 Å². The van der Waals surface area contributed by atoms with Gasteiger partial charge in [-0.3, -0.25) is 0 Å². The molecule has 0 saturated heterocycles.